The first kappa shape index (κ1) is 17.6. The van der Waals surface area contributed by atoms with E-state index in [-0.39, 0.29) is 0 Å². The van der Waals surface area contributed by atoms with Crippen molar-refractivity contribution in [2.24, 2.45) is 0 Å². The largest absolute Gasteiger partial charge is 0.118 e. The van der Waals surface area contributed by atoms with Crippen LogP contribution >= 0.6 is 7.26 Å². The molecule has 0 saturated carbocycles. The summed E-state index contributed by atoms with van der Waals surface area (Å²) in [6.45, 7) is 4.59. The Hall–Kier alpha value is -2.17. The van der Waals surface area contributed by atoms with Crippen molar-refractivity contribution in [3.8, 4) is 0 Å². The van der Waals surface area contributed by atoms with Crippen LogP contribution in [0.1, 0.15) is 20.3 Å². The Morgan fingerprint density at radius 3 is 1.36 bits per heavy atom. The van der Waals surface area contributed by atoms with Gasteiger partial charge in [-0.1, -0.05) is 67.6 Å². The van der Waals surface area contributed by atoms with Crippen LogP contribution in [0.5, 0.6) is 0 Å². The molecule has 0 aromatic heterocycles. The first-order chi connectivity index (χ1) is 12.3. The number of hydrogen-bond donors (Lipinski definition) is 0. The summed E-state index contributed by atoms with van der Waals surface area (Å²) in [7, 11) is -1.76. The lowest BCUT2D eigenvalue weighted by molar-refractivity contribution is 1.16. The van der Waals surface area contributed by atoms with E-state index >= 15 is 0 Å². The molecule has 0 aliphatic carbocycles. The maximum absolute atomic E-state index is 2.42. The van der Waals surface area contributed by atoms with E-state index in [1.807, 2.05) is 0 Å². The quantitative estimate of drug-likeness (QED) is 0.418. The molecule has 0 radical (unpaired) electrons. The van der Waals surface area contributed by atoms with E-state index in [4.69, 9.17) is 0 Å². The molecule has 0 N–H and O–H groups in total. The minimum Gasteiger partial charge on any atom is -0.0849 e. The van der Waals surface area contributed by atoms with E-state index in [0.717, 1.165) is 6.42 Å². The normalized spacial score (nSPS) is 13.0. The maximum Gasteiger partial charge on any atom is 0.118 e. The van der Waals surface area contributed by atoms with E-state index in [0.29, 0.717) is 5.66 Å². The summed E-state index contributed by atoms with van der Waals surface area (Å²) in [6.07, 6.45) is 5.80. The Morgan fingerprint density at radius 1 is 0.680 bits per heavy atom. The van der Waals surface area contributed by atoms with Crippen LogP contribution in [0, 0.1) is 0 Å². The molecule has 0 spiro atoms. The van der Waals surface area contributed by atoms with E-state index in [9.17, 15) is 0 Å². The van der Waals surface area contributed by atoms with Crippen LogP contribution < -0.4 is 15.9 Å². The summed E-state index contributed by atoms with van der Waals surface area (Å²) in [4.78, 5) is 0. The summed E-state index contributed by atoms with van der Waals surface area (Å²) in [5.41, 5.74) is 0.444. The van der Waals surface area contributed by atoms with Crippen LogP contribution in [-0.2, 0) is 0 Å². The van der Waals surface area contributed by atoms with Crippen molar-refractivity contribution in [1.82, 2.24) is 0 Å². The van der Waals surface area contributed by atoms with Crippen LogP contribution in [0.3, 0.4) is 0 Å². The van der Waals surface area contributed by atoms with Gasteiger partial charge in [0.15, 0.2) is 0 Å². The highest BCUT2D eigenvalue weighted by Gasteiger charge is 2.49. The topological polar surface area (TPSA) is 0 Å². The molecule has 3 rings (SSSR count). The third-order valence-electron chi connectivity index (χ3n) is 4.75. The van der Waals surface area contributed by atoms with Crippen molar-refractivity contribution in [2.45, 2.75) is 25.9 Å². The third kappa shape index (κ3) is 3.46. The fourth-order valence-electron chi connectivity index (χ4n) is 3.60. The molecule has 0 fully saturated rings. The summed E-state index contributed by atoms with van der Waals surface area (Å²) < 4.78 is 0. The van der Waals surface area contributed by atoms with Gasteiger partial charge in [0.1, 0.15) is 23.2 Å². The van der Waals surface area contributed by atoms with Crippen molar-refractivity contribution >= 4 is 23.2 Å². The first-order valence-electron chi connectivity index (χ1n) is 9.02. The molecule has 0 heterocycles. The van der Waals surface area contributed by atoms with Crippen LogP contribution in [0.2, 0.25) is 0 Å². The second-order valence-corrected chi connectivity index (χ2v) is 10.1. The molecule has 126 valence electrons. The molecule has 25 heavy (non-hydrogen) atoms. The minimum absolute atomic E-state index is 0.444. The van der Waals surface area contributed by atoms with Crippen molar-refractivity contribution in [3.05, 3.63) is 103 Å². The fourth-order valence-corrected chi connectivity index (χ4v) is 8.22. The Kier molecular flexibility index (Phi) is 5.84. The monoisotopic (exact) mass is 345 g/mol. The van der Waals surface area contributed by atoms with Crippen molar-refractivity contribution in [2.75, 3.05) is 0 Å². The zero-order valence-electron chi connectivity index (χ0n) is 15.0. The Balaban J connectivity index is 2.33. The van der Waals surface area contributed by atoms with Gasteiger partial charge in [-0.15, -0.1) is 0 Å². The average Bonchev–Trinajstić information content (AvgIpc) is 2.69. The predicted molar refractivity (Wildman–Crippen MR) is 114 cm³/mol. The van der Waals surface area contributed by atoms with E-state index < -0.39 is 7.26 Å². The number of rotatable bonds is 6. The van der Waals surface area contributed by atoms with Gasteiger partial charge in [0.25, 0.3) is 0 Å². The zero-order chi connectivity index (χ0) is 17.5. The molecule has 1 heteroatoms. The lowest BCUT2D eigenvalue weighted by atomic mass is 10.3. The summed E-state index contributed by atoms with van der Waals surface area (Å²) in [5.74, 6) is 0. The number of benzene rings is 3. The molecular formula is C24H26P+. The summed E-state index contributed by atoms with van der Waals surface area (Å²) in [6, 6.07) is 33.2. The van der Waals surface area contributed by atoms with Gasteiger partial charge in [0.2, 0.25) is 0 Å². The molecule has 0 bridgehead atoms. The highest BCUT2D eigenvalue weighted by Crippen LogP contribution is 2.60. The zero-order valence-corrected chi connectivity index (χ0v) is 15.9. The second-order valence-electron chi connectivity index (χ2n) is 6.31. The molecule has 0 aliphatic heterocycles. The minimum atomic E-state index is -1.76. The van der Waals surface area contributed by atoms with Crippen molar-refractivity contribution < 1.29 is 0 Å². The van der Waals surface area contributed by atoms with Crippen molar-refractivity contribution in [1.29, 1.82) is 0 Å². The molecule has 3 aromatic rings. The molecule has 0 amide bonds. The molecule has 3 aromatic carbocycles. The van der Waals surface area contributed by atoms with Crippen molar-refractivity contribution in [3.63, 3.8) is 0 Å². The Labute approximate surface area is 152 Å². The lowest BCUT2D eigenvalue weighted by Crippen LogP contribution is -2.36. The van der Waals surface area contributed by atoms with E-state index in [1.54, 1.807) is 0 Å². The molecule has 1 atom stereocenters. The highest BCUT2D eigenvalue weighted by molar-refractivity contribution is 7.96. The molecule has 1 unspecified atom stereocenters. The molecule has 0 saturated heterocycles. The number of hydrogen-bond acceptors (Lipinski definition) is 0. The van der Waals surface area contributed by atoms with Gasteiger partial charge in [-0.25, -0.2) is 0 Å². The SMILES string of the molecule is CC/C=C/C(C)[P+](c1ccccc1)(c1ccccc1)c1ccccc1. The maximum atomic E-state index is 2.42. The first-order valence-corrected chi connectivity index (χ1v) is 10.9. The summed E-state index contributed by atoms with van der Waals surface area (Å²) >= 11 is 0. The van der Waals surface area contributed by atoms with Gasteiger partial charge in [0, 0.05) is 0 Å². The Bertz CT molecular complexity index is 695. The van der Waals surface area contributed by atoms with Crippen LogP contribution in [0.4, 0.5) is 0 Å². The van der Waals surface area contributed by atoms with Crippen LogP contribution in [-0.4, -0.2) is 5.66 Å². The van der Waals surface area contributed by atoms with Gasteiger partial charge < -0.3 is 0 Å². The smallest absolute Gasteiger partial charge is 0.0849 e. The van der Waals surface area contributed by atoms with Gasteiger partial charge in [-0.2, -0.15) is 0 Å². The van der Waals surface area contributed by atoms with E-state index in [2.05, 4.69) is 117 Å². The van der Waals surface area contributed by atoms with Gasteiger partial charge in [0.05, 0.1) is 5.66 Å². The van der Waals surface area contributed by atoms with E-state index in [1.165, 1.54) is 15.9 Å². The predicted octanol–water partition coefficient (Wildman–Crippen LogP) is 5.34. The van der Waals surface area contributed by atoms with Crippen LogP contribution in [0.15, 0.2) is 103 Å². The second kappa shape index (κ2) is 8.28. The average molecular weight is 345 g/mol. The molecule has 0 nitrogen and oxygen atoms in total. The summed E-state index contributed by atoms with van der Waals surface area (Å²) in [5, 5.41) is 4.34. The number of allylic oxidation sites excluding steroid dienone is 2. The van der Waals surface area contributed by atoms with Gasteiger partial charge >= 0.3 is 0 Å². The molecular weight excluding hydrogens is 319 g/mol. The lowest BCUT2D eigenvalue weighted by Gasteiger charge is -2.31. The third-order valence-corrected chi connectivity index (χ3v) is 9.48. The van der Waals surface area contributed by atoms with Gasteiger partial charge in [-0.05, 0) is 55.8 Å². The highest BCUT2D eigenvalue weighted by atomic mass is 31.2. The van der Waals surface area contributed by atoms with Crippen LogP contribution in [0.25, 0.3) is 0 Å². The molecule has 0 aliphatic rings. The van der Waals surface area contributed by atoms with Gasteiger partial charge in [-0.3, -0.25) is 0 Å². The standard InChI is InChI=1S/C24H26P/c1-3-4-14-21(2)25(22-15-8-5-9-16-22,23-17-10-6-11-18-23)24-19-12-7-13-20-24/h4-21H,3H2,1-2H3/q+1/b14-4+. The fraction of sp³-hybridized carbons (Fsp3) is 0.167. The Morgan fingerprint density at radius 2 is 1.04 bits per heavy atom.